The Kier molecular flexibility index (Phi) is 6.12. The molecule has 8 heteroatoms. The first kappa shape index (κ1) is 16.6. The number of rotatable bonds is 6. The first-order valence-electron chi connectivity index (χ1n) is 5.87. The van der Waals surface area contributed by atoms with E-state index in [0.717, 1.165) is 0 Å². The first-order valence-corrected chi connectivity index (χ1v) is 6.67. The van der Waals surface area contributed by atoms with Crippen molar-refractivity contribution in [1.29, 1.82) is 0 Å². The van der Waals surface area contributed by atoms with Gasteiger partial charge in [-0.2, -0.15) is 0 Å². The molecule has 1 aromatic rings. The van der Waals surface area contributed by atoms with Crippen molar-refractivity contribution in [2.24, 2.45) is 0 Å². The van der Waals surface area contributed by atoms with Gasteiger partial charge >= 0.3 is 6.36 Å². The van der Waals surface area contributed by atoms with Crippen LogP contribution in [-0.4, -0.2) is 25.4 Å². The van der Waals surface area contributed by atoms with Crippen molar-refractivity contribution in [3.8, 4) is 5.75 Å². The molecule has 0 aliphatic heterocycles. The molecule has 0 spiro atoms. The van der Waals surface area contributed by atoms with Gasteiger partial charge < -0.3 is 15.4 Å². The van der Waals surface area contributed by atoms with E-state index in [0.29, 0.717) is 18.8 Å². The number of amides is 1. The summed E-state index contributed by atoms with van der Waals surface area (Å²) in [6.45, 7) is 2.77. The number of alkyl halides is 3. The maximum Gasteiger partial charge on any atom is 0.573 e. The van der Waals surface area contributed by atoms with Crippen LogP contribution in [0.1, 0.15) is 13.3 Å². The Bertz CT molecular complexity index is 467. The summed E-state index contributed by atoms with van der Waals surface area (Å²) in [5.74, 6) is -0.400. The molecule has 0 aromatic heterocycles. The Balaban J connectivity index is 2.53. The SMILES string of the molecule is CCNC(=O)CCNc1ccc(OC(F)(F)F)c(Br)c1. The summed E-state index contributed by atoms with van der Waals surface area (Å²) in [5, 5.41) is 5.58. The third kappa shape index (κ3) is 6.14. The van der Waals surface area contributed by atoms with Gasteiger partial charge in [0.25, 0.3) is 0 Å². The smallest absolute Gasteiger partial charge is 0.405 e. The molecule has 0 saturated carbocycles. The van der Waals surface area contributed by atoms with E-state index in [2.05, 4.69) is 31.3 Å². The van der Waals surface area contributed by atoms with Crippen LogP contribution in [0.2, 0.25) is 0 Å². The van der Waals surface area contributed by atoms with Crippen molar-refractivity contribution < 1.29 is 22.7 Å². The molecule has 112 valence electrons. The molecule has 0 radical (unpaired) electrons. The maximum absolute atomic E-state index is 12.1. The lowest BCUT2D eigenvalue weighted by Crippen LogP contribution is -2.24. The second-order valence-electron chi connectivity index (χ2n) is 3.82. The van der Waals surface area contributed by atoms with Crippen LogP contribution in [0.15, 0.2) is 22.7 Å². The number of hydrogen-bond donors (Lipinski definition) is 2. The Hall–Kier alpha value is -1.44. The van der Waals surface area contributed by atoms with Crippen molar-refractivity contribution in [3.63, 3.8) is 0 Å². The second kappa shape index (κ2) is 7.37. The highest BCUT2D eigenvalue weighted by Crippen LogP contribution is 2.32. The minimum atomic E-state index is -4.73. The average Bonchev–Trinajstić information content (AvgIpc) is 2.31. The van der Waals surface area contributed by atoms with Crippen molar-refractivity contribution in [1.82, 2.24) is 5.32 Å². The van der Waals surface area contributed by atoms with Gasteiger partial charge in [0.1, 0.15) is 5.75 Å². The van der Waals surface area contributed by atoms with E-state index in [1.807, 2.05) is 6.92 Å². The predicted octanol–water partition coefficient (Wildman–Crippen LogP) is 3.29. The number of carbonyl (C=O) groups is 1. The Morgan fingerprint density at radius 2 is 2.10 bits per heavy atom. The van der Waals surface area contributed by atoms with Gasteiger partial charge in [0.15, 0.2) is 0 Å². The minimum Gasteiger partial charge on any atom is -0.405 e. The van der Waals surface area contributed by atoms with Gasteiger partial charge in [0.05, 0.1) is 4.47 Å². The van der Waals surface area contributed by atoms with Gasteiger partial charge in [-0.3, -0.25) is 4.79 Å². The molecule has 1 aromatic carbocycles. The van der Waals surface area contributed by atoms with E-state index in [1.165, 1.54) is 18.2 Å². The maximum atomic E-state index is 12.1. The normalized spacial score (nSPS) is 11.1. The quantitative estimate of drug-likeness (QED) is 0.824. The standard InChI is InChI=1S/C12H14BrF3N2O2/c1-2-17-11(19)5-6-18-8-3-4-10(9(13)7-8)20-12(14,15)16/h3-4,7,18H,2,5-6H2,1H3,(H,17,19). The average molecular weight is 355 g/mol. The summed E-state index contributed by atoms with van der Waals surface area (Å²) in [5.41, 5.74) is 0.593. The van der Waals surface area contributed by atoms with Gasteiger partial charge in [-0.05, 0) is 41.1 Å². The number of carbonyl (C=O) groups excluding carboxylic acids is 1. The van der Waals surface area contributed by atoms with Gasteiger partial charge in [-0.25, -0.2) is 0 Å². The molecule has 1 rings (SSSR count). The lowest BCUT2D eigenvalue weighted by atomic mass is 10.3. The Morgan fingerprint density at radius 1 is 1.40 bits per heavy atom. The van der Waals surface area contributed by atoms with Crippen LogP contribution in [0.4, 0.5) is 18.9 Å². The molecule has 1 amide bonds. The second-order valence-corrected chi connectivity index (χ2v) is 4.68. The van der Waals surface area contributed by atoms with Crippen LogP contribution in [0.25, 0.3) is 0 Å². The summed E-state index contributed by atoms with van der Waals surface area (Å²) in [7, 11) is 0. The number of benzene rings is 1. The molecule has 0 bridgehead atoms. The fraction of sp³-hybridized carbons (Fsp3) is 0.417. The lowest BCUT2D eigenvalue weighted by molar-refractivity contribution is -0.274. The van der Waals surface area contributed by atoms with E-state index >= 15 is 0 Å². The van der Waals surface area contributed by atoms with E-state index in [4.69, 9.17) is 0 Å². The first-order chi connectivity index (χ1) is 9.31. The van der Waals surface area contributed by atoms with Gasteiger partial charge in [0, 0.05) is 25.2 Å². The summed E-state index contributed by atoms with van der Waals surface area (Å²) in [4.78, 5) is 11.2. The van der Waals surface area contributed by atoms with E-state index in [9.17, 15) is 18.0 Å². The molecule has 0 aliphatic rings. The third-order valence-electron chi connectivity index (χ3n) is 2.21. The van der Waals surface area contributed by atoms with Crippen LogP contribution in [0.3, 0.4) is 0 Å². The molecule has 0 unspecified atom stereocenters. The highest BCUT2D eigenvalue weighted by atomic mass is 79.9. The van der Waals surface area contributed by atoms with Crippen LogP contribution in [-0.2, 0) is 4.79 Å². The van der Waals surface area contributed by atoms with Crippen LogP contribution in [0, 0.1) is 0 Å². The molecule has 0 heterocycles. The molecular formula is C12H14BrF3N2O2. The fourth-order valence-electron chi connectivity index (χ4n) is 1.42. The largest absolute Gasteiger partial charge is 0.573 e. The summed E-state index contributed by atoms with van der Waals surface area (Å²) in [6, 6.07) is 4.11. The van der Waals surface area contributed by atoms with E-state index in [-0.39, 0.29) is 22.6 Å². The zero-order chi connectivity index (χ0) is 15.2. The number of nitrogens with one attached hydrogen (secondary N) is 2. The molecule has 20 heavy (non-hydrogen) atoms. The van der Waals surface area contributed by atoms with Crippen LogP contribution >= 0.6 is 15.9 Å². The Labute approximate surface area is 122 Å². The molecule has 0 saturated heterocycles. The molecule has 4 nitrogen and oxygen atoms in total. The fourth-order valence-corrected chi connectivity index (χ4v) is 1.88. The van der Waals surface area contributed by atoms with Gasteiger partial charge in [-0.15, -0.1) is 13.2 Å². The van der Waals surface area contributed by atoms with Gasteiger partial charge in [-0.1, -0.05) is 0 Å². The summed E-state index contributed by atoms with van der Waals surface area (Å²) in [6.07, 6.45) is -4.44. The summed E-state index contributed by atoms with van der Waals surface area (Å²) < 4.78 is 40.3. The monoisotopic (exact) mass is 354 g/mol. The third-order valence-corrected chi connectivity index (χ3v) is 2.83. The predicted molar refractivity (Wildman–Crippen MR) is 72.6 cm³/mol. The molecule has 0 atom stereocenters. The zero-order valence-electron chi connectivity index (χ0n) is 10.7. The van der Waals surface area contributed by atoms with Crippen LogP contribution < -0.4 is 15.4 Å². The number of anilines is 1. The van der Waals surface area contributed by atoms with Crippen molar-refractivity contribution in [2.45, 2.75) is 19.7 Å². The van der Waals surface area contributed by atoms with Crippen molar-refractivity contribution in [2.75, 3.05) is 18.4 Å². The van der Waals surface area contributed by atoms with E-state index < -0.39 is 6.36 Å². The molecular weight excluding hydrogens is 341 g/mol. The minimum absolute atomic E-state index is 0.0870. The number of hydrogen-bond acceptors (Lipinski definition) is 3. The van der Waals surface area contributed by atoms with Crippen molar-refractivity contribution >= 4 is 27.5 Å². The zero-order valence-corrected chi connectivity index (χ0v) is 12.3. The van der Waals surface area contributed by atoms with Gasteiger partial charge in [0.2, 0.25) is 5.91 Å². The molecule has 2 N–H and O–H groups in total. The van der Waals surface area contributed by atoms with Crippen LogP contribution in [0.5, 0.6) is 5.75 Å². The molecule has 0 fully saturated rings. The topological polar surface area (TPSA) is 50.4 Å². The Morgan fingerprint density at radius 3 is 2.65 bits per heavy atom. The highest BCUT2D eigenvalue weighted by Gasteiger charge is 2.31. The number of halogens is 4. The summed E-state index contributed by atoms with van der Waals surface area (Å²) >= 11 is 3.00. The highest BCUT2D eigenvalue weighted by molar-refractivity contribution is 9.10. The lowest BCUT2D eigenvalue weighted by Gasteiger charge is -2.12. The van der Waals surface area contributed by atoms with E-state index in [1.54, 1.807) is 0 Å². The van der Waals surface area contributed by atoms with Crippen molar-refractivity contribution in [3.05, 3.63) is 22.7 Å². The number of ether oxygens (including phenoxy) is 1. The molecule has 0 aliphatic carbocycles.